The molecule has 10 heteroatoms. The van der Waals surface area contributed by atoms with E-state index in [2.05, 4.69) is 22.6 Å². The smallest absolute Gasteiger partial charge is 0.371 e. The maximum atomic E-state index is 13.4. The van der Waals surface area contributed by atoms with Crippen LogP contribution in [0.25, 0.3) is 0 Å². The van der Waals surface area contributed by atoms with Crippen molar-refractivity contribution in [3.63, 3.8) is 0 Å². The number of hydrogen-bond donors (Lipinski definition) is 1. The van der Waals surface area contributed by atoms with Crippen LogP contribution in [0.1, 0.15) is 56.8 Å². The van der Waals surface area contributed by atoms with Crippen LogP contribution in [0.3, 0.4) is 0 Å². The lowest BCUT2D eigenvalue weighted by molar-refractivity contribution is -0.137. The molecular formula is C27H29F3N2O3S2. The maximum absolute atomic E-state index is 13.4. The van der Waals surface area contributed by atoms with Gasteiger partial charge in [-0.05, 0) is 91.9 Å². The van der Waals surface area contributed by atoms with Gasteiger partial charge in [-0.2, -0.15) is 13.2 Å². The molecule has 1 aromatic heterocycles. The molecule has 198 valence electrons. The monoisotopic (exact) mass is 550 g/mol. The summed E-state index contributed by atoms with van der Waals surface area (Å²) >= 11 is 1.10. The maximum Gasteiger partial charge on any atom is 0.416 e. The molecule has 0 spiro atoms. The number of sulfonamides is 1. The third-order valence-corrected chi connectivity index (χ3v) is 9.05. The van der Waals surface area contributed by atoms with Gasteiger partial charge in [0.1, 0.15) is 0 Å². The molecular weight excluding hydrogens is 521 g/mol. The predicted octanol–water partition coefficient (Wildman–Crippen LogP) is 6.91. The first-order chi connectivity index (χ1) is 17.4. The van der Waals surface area contributed by atoms with Gasteiger partial charge >= 0.3 is 6.18 Å². The number of anilines is 2. The van der Waals surface area contributed by atoms with Crippen LogP contribution in [0.15, 0.2) is 46.7 Å². The molecule has 2 heterocycles. The summed E-state index contributed by atoms with van der Waals surface area (Å²) in [7, 11) is -4.34. The summed E-state index contributed by atoms with van der Waals surface area (Å²) in [5, 5.41) is 1.59. The minimum absolute atomic E-state index is 0.0612. The van der Waals surface area contributed by atoms with Gasteiger partial charge in [-0.3, -0.25) is 9.52 Å². The number of piperidine rings is 1. The van der Waals surface area contributed by atoms with Crippen LogP contribution in [0.2, 0.25) is 0 Å². The van der Waals surface area contributed by atoms with E-state index < -0.39 is 26.7 Å². The Kier molecular flexibility index (Phi) is 7.71. The van der Waals surface area contributed by atoms with Crippen molar-refractivity contribution in [2.75, 3.05) is 22.7 Å². The molecule has 0 amide bonds. The van der Waals surface area contributed by atoms with Crippen molar-refractivity contribution < 1.29 is 26.4 Å². The molecule has 1 aliphatic rings. The van der Waals surface area contributed by atoms with Gasteiger partial charge in [0.2, 0.25) is 0 Å². The van der Waals surface area contributed by atoms with E-state index in [9.17, 15) is 26.4 Å². The van der Waals surface area contributed by atoms with E-state index in [1.54, 1.807) is 5.38 Å². The Morgan fingerprint density at radius 2 is 1.73 bits per heavy atom. The third kappa shape index (κ3) is 5.85. The zero-order chi connectivity index (χ0) is 27.0. The summed E-state index contributed by atoms with van der Waals surface area (Å²) in [6.45, 7) is 8.02. The Balaban J connectivity index is 1.60. The number of thiophene rings is 1. The normalized spacial score (nSPS) is 14.6. The Morgan fingerprint density at radius 1 is 1.03 bits per heavy atom. The number of aryl methyl sites for hydroxylation is 2. The Hall–Kier alpha value is -2.85. The standard InChI is InChI=1S/C27H29F3N2O3S2/c1-17-14-18(2)25(32-11-5-4-6-12-32)19(3)22(17)16-24(33)26-23(10-13-36-26)31-37(34,35)21-9-7-8-20(15-21)27(28,29)30/h7-10,13-15,31H,4-6,11-12,16H2,1-3H3. The van der Waals surface area contributed by atoms with Crippen LogP contribution < -0.4 is 9.62 Å². The molecule has 1 N–H and O–H groups in total. The van der Waals surface area contributed by atoms with Crippen molar-refractivity contribution in [3.05, 3.63) is 74.5 Å². The van der Waals surface area contributed by atoms with Gasteiger partial charge in [-0.15, -0.1) is 11.3 Å². The summed E-state index contributed by atoms with van der Waals surface area (Å²) < 4.78 is 67.3. The second kappa shape index (κ2) is 10.5. The zero-order valence-corrected chi connectivity index (χ0v) is 22.5. The molecule has 5 nitrogen and oxygen atoms in total. The molecule has 1 aliphatic heterocycles. The Morgan fingerprint density at radius 3 is 2.41 bits per heavy atom. The Bertz CT molecular complexity index is 1420. The number of benzene rings is 2. The van der Waals surface area contributed by atoms with Gasteiger partial charge in [-0.25, -0.2) is 8.42 Å². The first-order valence-electron chi connectivity index (χ1n) is 12.0. The van der Waals surface area contributed by atoms with Crippen LogP contribution in [0.5, 0.6) is 0 Å². The van der Waals surface area contributed by atoms with Crippen LogP contribution in [0, 0.1) is 20.8 Å². The number of rotatable bonds is 7. The number of Topliss-reactive ketones (excluding diaryl/α,β-unsaturated/α-hetero) is 1. The lowest BCUT2D eigenvalue weighted by Gasteiger charge is -2.33. The summed E-state index contributed by atoms with van der Waals surface area (Å²) in [6.07, 6.45) is -1.11. The van der Waals surface area contributed by atoms with Crippen molar-refractivity contribution in [2.45, 2.75) is 57.5 Å². The van der Waals surface area contributed by atoms with Crippen LogP contribution in [-0.2, 0) is 22.6 Å². The molecule has 3 aromatic rings. The topological polar surface area (TPSA) is 66.5 Å². The molecule has 0 unspecified atom stereocenters. The average molecular weight is 551 g/mol. The number of nitrogens with zero attached hydrogens (tertiary/aromatic N) is 1. The molecule has 4 rings (SSSR count). The van der Waals surface area contributed by atoms with Crippen molar-refractivity contribution in [1.29, 1.82) is 0 Å². The molecule has 0 atom stereocenters. The lowest BCUT2D eigenvalue weighted by atomic mass is 9.92. The first-order valence-corrected chi connectivity index (χ1v) is 14.4. The number of ketones is 1. The minimum Gasteiger partial charge on any atom is -0.371 e. The second-order valence-electron chi connectivity index (χ2n) is 9.40. The van der Waals surface area contributed by atoms with Crippen molar-refractivity contribution >= 4 is 38.5 Å². The number of carbonyl (C=O) groups excluding carboxylic acids is 1. The molecule has 1 saturated heterocycles. The average Bonchev–Trinajstić information content (AvgIpc) is 3.29. The van der Waals surface area contributed by atoms with Crippen molar-refractivity contribution in [1.82, 2.24) is 0 Å². The molecule has 0 saturated carbocycles. The summed E-state index contributed by atoms with van der Waals surface area (Å²) in [5.41, 5.74) is 4.28. The lowest BCUT2D eigenvalue weighted by Crippen LogP contribution is -2.31. The van der Waals surface area contributed by atoms with E-state index in [1.807, 2.05) is 13.8 Å². The van der Waals surface area contributed by atoms with Gasteiger partial charge < -0.3 is 4.90 Å². The molecule has 37 heavy (non-hydrogen) atoms. The van der Waals surface area contributed by atoms with E-state index in [1.165, 1.54) is 18.1 Å². The predicted molar refractivity (Wildman–Crippen MR) is 141 cm³/mol. The number of alkyl halides is 3. The number of halogens is 3. The van der Waals surface area contributed by atoms with Gasteiger partial charge in [0.05, 0.1) is 21.0 Å². The van der Waals surface area contributed by atoms with Crippen LogP contribution in [-0.4, -0.2) is 27.3 Å². The molecule has 2 aromatic carbocycles. The van der Waals surface area contributed by atoms with E-state index in [0.717, 1.165) is 77.8 Å². The van der Waals surface area contributed by atoms with E-state index in [-0.39, 0.29) is 22.8 Å². The largest absolute Gasteiger partial charge is 0.416 e. The van der Waals surface area contributed by atoms with Gasteiger partial charge in [0.15, 0.2) is 5.78 Å². The Labute approximate surface area is 219 Å². The fourth-order valence-electron chi connectivity index (χ4n) is 4.98. The first kappa shape index (κ1) is 27.2. The number of carbonyl (C=O) groups is 1. The summed E-state index contributed by atoms with van der Waals surface area (Å²) in [6, 6.07) is 7.06. The SMILES string of the molecule is Cc1cc(C)c(N2CCCCC2)c(C)c1CC(=O)c1sccc1NS(=O)(=O)c1cccc(C(F)(F)F)c1. The van der Waals surface area contributed by atoms with Crippen LogP contribution in [0.4, 0.5) is 24.5 Å². The van der Waals surface area contributed by atoms with Crippen molar-refractivity contribution in [3.8, 4) is 0 Å². The van der Waals surface area contributed by atoms with Crippen LogP contribution >= 0.6 is 11.3 Å². The second-order valence-corrected chi connectivity index (χ2v) is 12.0. The van der Waals surface area contributed by atoms with E-state index in [4.69, 9.17) is 0 Å². The van der Waals surface area contributed by atoms with Crippen molar-refractivity contribution in [2.24, 2.45) is 0 Å². The molecule has 1 fully saturated rings. The number of nitrogens with one attached hydrogen (secondary N) is 1. The van der Waals surface area contributed by atoms with Gasteiger partial charge in [0, 0.05) is 25.2 Å². The third-order valence-electron chi connectivity index (χ3n) is 6.73. The highest BCUT2D eigenvalue weighted by Crippen LogP contribution is 2.35. The van der Waals surface area contributed by atoms with Gasteiger partial charge in [0.25, 0.3) is 10.0 Å². The molecule has 0 aliphatic carbocycles. The quantitative estimate of drug-likeness (QED) is 0.325. The highest BCUT2D eigenvalue weighted by atomic mass is 32.2. The highest BCUT2D eigenvalue weighted by Gasteiger charge is 2.32. The zero-order valence-electron chi connectivity index (χ0n) is 20.9. The summed E-state index contributed by atoms with van der Waals surface area (Å²) in [5.74, 6) is -0.253. The molecule has 0 radical (unpaired) electrons. The summed E-state index contributed by atoms with van der Waals surface area (Å²) in [4.78, 5) is 15.5. The van der Waals surface area contributed by atoms with E-state index >= 15 is 0 Å². The highest BCUT2D eigenvalue weighted by molar-refractivity contribution is 7.92. The fourth-order valence-corrected chi connectivity index (χ4v) is 6.95. The molecule has 0 bridgehead atoms. The number of hydrogen-bond acceptors (Lipinski definition) is 5. The van der Waals surface area contributed by atoms with E-state index in [0.29, 0.717) is 6.07 Å². The minimum atomic E-state index is -4.67. The fraction of sp³-hybridized carbons (Fsp3) is 0.370. The van der Waals surface area contributed by atoms with Gasteiger partial charge in [-0.1, -0.05) is 12.1 Å².